The summed E-state index contributed by atoms with van der Waals surface area (Å²) in [5.41, 5.74) is 1.51. The molecular formula is C27H38N2O4. The Bertz CT molecular complexity index is 890. The molecule has 1 aromatic rings. The number of rotatable bonds is 9. The van der Waals surface area contributed by atoms with Crippen LogP contribution in [0.25, 0.3) is 0 Å². The van der Waals surface area contributed by atoms with Gasteiger partial charge < -0.3 is 19.3 Å². The van der Waals surface area contributed by atoms with Gasteiger partial charge in [0, 0.05) is 13.1 Å². The molecule has 0 saturated heterocycles. The number of benzene rings is 1. The van der Waals surface area contributed by atoms with Gasteiger partial charge in [-0.25, -0.2) is 0 Å². The Morgan fingerprint density at radius 2 is 1.82 bits per heavy atom. The summed E-state index contributed by atoms with van der Waals surface area (Å²) in [6, 6.07) is 7.47. The van der Waals surface area contributed by atoms with E-state index in [1.165, 1.54) is 0 Å². The number of Topliss-reactive ketones (excluding diaryl/α,β-unsaturated/α-hetero) is 1. The highest BCUT2D eigenvalue weighted by Crippen LogP contribution is 2.47. The van der Waals surface area contributed by atoms with Crippen molar-refractivity contribution in [2.24, 2.45) is 11.8 Å². The van der Waals surface area contributed by atoms with Gasteiger partial charge in [0.15, 0.2) is 11.5 Å². The lowest BCUT2D eigenvalue weighted by atomic mass is 9.74. The highest BCUT2D eigenvalue weighted by atomic mass is 16.5. The van der Waals surface area contributed by atoms with Crippen LogP contribution in [0.4, 0.5) is 0 Å². The molecule has 0 aromatic heterocycles. The molecule has 0 N–H and O–H groups in total. The molecule has 0 radical (unpaired) electrons. The minimum Gasteiger partial charge on any atom is -0.494 e. The lowest BCUT2D eigenvalue weighted by molar-refractivity contribution is -0.136. The van der Waals surface area contributed by atoms with Crippen molar-refractivity contribution in [3.63, 3.8) is 0 Å². The third kappa shape index (κ3) is 4.68. The molecule has 1 saturated carbocycles. The van der Waals surface area contributed by atoms with Crippen molar-refractivity contribution in [1.82, 2.24) is 9.80 Å². The Hall–Kier alpha value is -2.34. The average molecular weight is 455 g/mol. The minimum atomic E-state index is -0.394. The first-order chi connectivity index (χ1) is 16.0. The van der Waals surface area contributed by atoms with Crippen molar-refractivity contribution in [3.05, 3.63) is 41.2 Å². The van der Waals surface area contributed by atoms with E-state index >= 15 is 0 Å². The number of carbonyl (C=O) groups excluding carboxylic acids is 2. The predicted molar refractivity (Wildman–Crippen MR) is 128 cm³/mol. The maximum Gasteiger partial charge on any atom is 0.290 e. The summed E-state index contributed by atoms with van der Waals surface area (Å²) < 4.78 is 12.0. The van der Waals surface area contributed by atoms with Crippen LogP contribution in [0, 0.1) is 11.8 Å². The van der Waals surface area contributed by atoms with Crippen LogP contribution in [-0.2, 0) is 14.3 Å². The van der Waals surface area contributed by atoms with Crippen LogP contribution in [0.5, 0.6) is 5.75 Å². The van der Waals surface area contributed by atoms with Gasteiger partial charge in [-0.1, -0.05) is 39.8 Å². The van der Waals surface area contributed by atoms with Crippen LogP contribution in [0.2, 0.25) is 0 Å². The zero-order valence-electron chi connectivity index (χ0n) is 20.5. The van der Waals surface area contributed by atoms with E-state index in [9.17, 15) is 9.59 Å². The van der Waals surface area contributed by atoms with Gasteiger partial charge in [-0.2, -0.15) is 0 Å². The second kappa shape index (κ2) is 10.3. The Labute approximate surface area is 197 Å². The third-order valence-corrected chi connectivity index (χ3v) is 7.43. The number of nitrogens with zero attached hydrogens (tertiary/aromatic N) is 2. The molecule has 0 spiro atoms. The van der Waals surface area contributed by atoms with Crippen molar-refractivity contribution < 1.29 is 19.1 Å². The maximum atomic E-state index is 13.8. The fourth-order valence-corrected chi connectivity index (χ4v) is 5.46. The molecule has 3 aliphatic rings. The molecule has 1 aromatic carbocycles. The van der Waals surface area contributed by atoms with Crippen LogP contribution in [0.1, 0.15) is 65.0 Å². The third-order valence-electron chi connectivity index (χ3n) is 7.43. The van der Waals surface area contributed by atoms with Gasteiger partial charge in [-0.05, 0) is 62.4 Å². The Kier molecular flexibility index (Phi) is 7.42. The summed E-state index contributed by atoms with van der Waals surface area (Å²) in [6.45, 7) is 12.4. The second-order valence-electron chi connectivity index (χ2n) is 9.63. The number of hydrogen-bond donors (Lipinski definition) is 0. The standard InChI is InChI=1S/C27H38N2O4/c1-5-16-32-20-11-9-19(10-12-20)24-23-25(30)21-17-18(4)8-13-22(21)33-26(23)27(31)29(24)15-14-28(6-2)7-3/h9-12,18,21-22,24H,5-8,13-17H2,1-4H3. The van der Waals surface area contributed by atoms with Crippen molar-refractivity contribution >= 4 is 11.7 Å². The van der Waals surface area contributed by atoms with Gasteiger partial charge in [0.2, 0.25) is 0 Å². The first kappa shape index (κ1) is 23.8. The number of carbonyl (C=O) groups is 2. The zero-order valence-corrected chi connectivity index (χ0v) is 20.5. The van der Waals surface area contributed by atoms with Crippen LogP contribution in [-0.4, -0.2) is 60.4 Å². The number of likely N-dealkylation sites (N-methyl/N-ethyl adjacent to an activating group) is 1. The molecule has 4 unspecified atom stereocenters. The monoisotopic (exact) mass is 454 g/mol. The molecule has 4 atom stereocenters. The van der Waals surface area contributed by atoms with Crippen LogP contribution < -0.4 is 4.74 Å². The Morgan fingerprint density at radius 1 is 1.09 bits per heavy atom. The highest BCUT2D eigenvalue weighted by molar-refractivity contribution is 6.11. The number of ketones is 1. The summed E-state index contributed by atoms with van der Waals surface area (Å²) in [7, 11) is 0. The van der Waals surface area contributed by atoms with E-state index in [2.05, 4.69) is 32.6 Å². The van der Waals surface area contributed by atoms with Crippen LogP contribution in [0.15, 0.2) is 35.6 Å². The smallest absolute Gasteiger partial charge is 0.290 e. The molecule has 0 bridgehead atoms. The van der Waals surface area contributed by atoms with Gasteiger partial charge in [0.05, 0.1) is 24.1 Å². The van der Waals surface area contributed by atoms with Crippen molar-refractivity contribution in [3.8, 4) is 5.75 Å². The van der Waals surface area contributed by atoms with E-state index in [0.29, 0.717) is 30.4 Å². The topological polar surface area (TPSA) is 59.1 Å². The quantitative estimate of drug-likeness (QED) is 0.555. The highest BCUT2D eigenvalue weighted by Gasteiger charge is 2.52. The number of ether oxygens (including phenoxy) is 2. The molecule has 6 nitrogen and oxygen atoms in total. The van der Waals surface area contributed by atoms with Gasteiger partial charge >= 0.3 is 0 Å². The zero-order chi connectivity index (χ0) is 23.5. The van der Waals surface area contributed by atoms with E-state index in [-0.39, 0.29) is 23.7 Å². The molecule has 1 aliphatic carbocycles. The van der Waals surface area contributed by atoms with E-state index in [1.807, 2.05) is 29.2 Å². The van der Waals surface area contributed by atoms with Crippen molar-refractivity contribution in [2.45, 2.75) is 65.5 Å². The lowest BCUT2D eigenvalue weighted by Crippen LogP contribution is -2.41. The largest absolute Gasteiger partial charge is 0.494 e. The van der Waals surface area contributed by atoms with Gasteiger partial charge in [0.25, 0.3) is 5.91 Å². The number of fused-ring (bicyclic) bond motifs is 1. The van der Waals surface area contributed by atoms with E-state index < -0.39 is 6.04 Å². The fraction of sp³-hybridized carbons (Fsp3) is 0.630. The molecule has 33 heavy (non-hydrogen) atoms. The second-order valence-corrected chi connectivity index (χ2v) is 9.63. The Balaban J connectivity index is 1.67. The van der Waals surface area contributed by atoms with E-state index in [1.54, 1.807) is 0 Å². The van der Waals surface area contributed by atoms with Gasteiger partial charge in [-0.3, -0.25) is 9.59 Å². The van der Waals surface area contributed by atoms with Crippen LogP contribution in [0.3, 0.4) is 0 Å². The first-order valence-corrected chi connectivity index (χ1v) is 12.7. The van der Waals surface area contributed by atoms with Gasteiger partial charge in [-0.15, -0.1) is 0 Å². The van der Waals surface area contributed by atoms with E-state index in [0.717, 1.165) is 56.6 Å². The average Bonchev–Trinajstić information content (AvgIpc) is 3.11. The van der Waals surface area contributed by atoms with Crippen molar-refractivity contribution in [2.75, 3.05) is 32.8 Å². The number of amides is 1. The SMILES string of the molecule is CCCOc1ccc(C2C3=C(OC4CCC(C)CC4C3=O)C(=O)N2CCN(CC)CC)cc1. The predicted octanol–water partition coefficient (Wildman–Crippen LogP) is 4.36. The summed E-state index contributed by atoms with van der Waals surface area (Å²) in [6.07, 6.45) is 3.50. The molecule has 2 aliphatic heterocycles. The first-order valence-electron chi connectivity index (χ1n) is 12.7. The molecule has 1 fully saturated rings. The van der Waals surface area contributed by atoms with E-state index in [4.69, 9.17) is 9.47 Å². The summed E-state index contributed by atoms with van der Waals surface area (Å²) >= 11 is 0. The molecule has 6 heteroatoms. The number of hydrogen-bond acceptors (Lipinski definition) is 5. The van der Waals surface area contributed by atoms with Crippen LogP contribution >= 0.6 is 0 Å². The summed E-state index contributed by atoms with van der Waals surface area (Å²) in [4.78, 5) is 31.5. The Morgan fingerprint density at radius 3 is 2.48 bits per heavy atom. The summed E-state index contributed by atoms with van der Waals surface area (Å²) in [5, 5.41) is 0. The lowest BCUT2D eigenvalue weighted by Gasteiger charge is -2.37. The maximum absolute atomic E-state index is 13.8. The summed E-state index contributed by atoms with van der Waals surface area (Å²) in [5.74, 6) is 1.44. The fourth-order valence-electron chi connectivity index (χ4n) is 5.46. The molecule has 2 heterocycles. The van der Waals surface area contributed by atoms with Gasteiger partial charge in [0.1, 0.15) is 11.9 Å². The molecule has 1 amide bonds. The molecular weight excluding hydrogens is 416 g/mol. The molecule has 4 rings (SSSR count). The normalized spacial score (nSPS) is 27.0. The molecule has 180 valence electrons. The van der Waals surface area contributed by atoms with Crippen molar-refractivity contribution in [1.29, 1.82) is 0 Å². The minimum absolute atomic E-state index is 0.114.